The van der Waals surface area contributed by atoms with Gasteiger partial charge in [-0.25, -0.2) is 0 Å². The van der Waals surface area contributed by atoms with Gasteiger partial charge < -0.3 is 14.7 Å². The lowest BCUT2D eigenvalue weighted by Gasteiger charge is -2.35. The van der Waals surface area contributed by atoms with Crippen LogP contribution in [-0.4, -0.2) is 34.3 Å². The van der Waals surface area contributed by atoms with E-state index in [9.17, 15) is 14.7 Å². The molecule has 1 unspecified atom stereocenters. The molecule has 4 rings (SSSR count). The van der Waals surface area contributed by atoms with Crippen molar-refractivity contribution < 1.29 is 19.4 Å². The normalized spacial score (nSPS) is 21.5. The third-order valence-corrected chi connectivity index (χ3v) is 6.32. The molecule has 5 nitrogen and oxygen atoms in total. The Hall–Kier alpha value is -2.79. The summed E-state index contributed by atoms with van der Waals surface area (Å²) in [6.07, 6.45) is 4.92. The number of aliphatic hydroxyl groups excluding tert-OH is 1. The van der Waals surface area contributed by atoms with Crippen LogP contribution >= 0.6 is 11.6 Å². The molecule has 162 valence electrons. The summed E-state index contributed by atoms with van der Waals surface area (Å²) in [7, 11) is 0. The Balaban J connectivity index is 1.83. The number of rotatable bonds is 5. The Labute approximate surface area is 187 Å². The molecule has 1 saturated carbocycles. The molecule has 1 heterocycles. The van der Waals surface area contributed by atoms with Crippen molar-refractivity contribution in [3.05, 3.63) is 70.3 Å². The quantitative estimate of drug-likeness (QED) is 0.380. The Morgan fingerprint density at radius 3 is 2.29 bits per heavy atom. The summed E-state index contributed by atoms with van der Waals surface area (Å²) in [4.78, 5) is 28.0. The van der Waals surface area contributed by atoms with Crippen molar-refractivity contribution in [1.82, 2.24) is 4.90 Å². The van der Waals surface area contributed by atoms with Crippen LogP contribution in [0.3, 0.4) is 0 Å². The number of benzene rings is 2. The number of hydrogen-bond donors (Lipinski definition) is 1. The van der Waals surface area contributed by atoms with Crippen LogP contribution < -0.4 is 4.74 Å². The van der Waals surface area contributed by atoms with E-state index in [2.05, 4.69) is 0 Å². The SMILES string of the molecule is CCOc1ccc(C2/C(=C(/O)c3ccc(Cl)cc3)C(=O)C(=O)N2C2CCCCC2)cc1. The van der Waals surface area contributed by atoms with Gasteiger partial charge in [0, 0.05) is 16.6 Å². The van der Waals surface area contributed by atoms with Crippen molar-refractivity contribution in [2.24, 2.45) is 0 Å². The lowest BCUT2D eigenvalue weighted by molar-refractivity contribution is -0.141. The van der Waals surface area contributed by atoms with E-state index in [1.165, 1.54) is 0 Å². The number of carbonyl (C=O) groups excluding carboxylic acids is 2. The topological polar surface area (TPSA) is 66.8 Å². The van der Waals surface area contributed by atoms with E-state index >= 15 is 0 Å². The van der Waals surface area contributed by atoms with Gasteiger partial charge in [-0.15, -0.1) is 0 Å². The zero-order valence-electron chi connectivity index (χ0n) is 17.5. The molecule has 1 N–H and O–H groups in total. The predicted molar refractivity (Wildman–Crippen MR) is 120 cm³/mol. The fourth-order valence-electron chi connectivity index (χ4n) is 4.59. The number of likely N-dealkylation sites (tertiary alicyclic amines) is 1. The molecule has 31 heavy (non-hydrogen) atoms. The second-order valence-corrected chi connectivity index (χ2v) is 8.44. The van der Waals surface area contributed by atoms with Crippen LogP contribution in [0.15, 0.2) is 54.1 Å². The molecule has 1 amide bonds. The van der Waals surface area contributed by atoms with E-state index in [1.807, 2.05) is 31.2 Å². The molecule has 1 aliphatic carbocycles. The van der Waals surface area contributed by atoms with Crippen molar-refractivity contribution in [3.8, 4) is 5.75 Å². The molecule has 6 heteroatoms. The van der Waals surface area contributed by atoms with Crippen LogP contribution in [0.4, 0.5) is 0 Å². The summed E-state index contributed by atoms with van der Waals surface area (Å²) in [5, 5.41) is 11.6. The van der Waals surface area contributed by atoms with E-state index in [0.717, 1.165) is 43.4 Å². The minimum atomic E-state index is -0.642. The first-order chi connectivity index (χ1) is 15.0. The molecule has 2 fully saturated rings. The second kappa shape index (κ2) is 9.15. The van der Waals surface area contributed by atoms with Crippen molar-refractivity contribution in [1.29, 1.82) is 0 Å². The van der Waals surface area contributed by atoms with E-state index in [4.69, 9.17) is 16.3 Å². The number of nitrogens with zero attached hydrogens (tertiary/aromatic N) is 1. The molecule has 0 radical (unpaired) electrons. The van der Waals surface area contributed by atoms with Gasteiger partial charge in [-0.1, -0.05) is 43.0 Å². The Bertz CT molecular complexity index is 991. The van der Waals surface area contributed by atoms with Crippen LogP contribution in [0.5, 0.6) is 5.75 Å². The smallest absolute Gasteiger partial charge is 0.295 e. The Morgan fingerprint density at radius 2 is 1.68 bits per heavy atom. The summed E-state index contributed by atoms with van der Waals surface area (Å²) >= 11 is 5.98. The summed E-state index contributed by atoms with van der Waals surface area (Å²) < 4.78 is 5.54. The van der Waals surface area contributed by atoms with Crippen molar-refractivity contribution in [2.75, 3.05) is 6.61 Å². The molecular formula is C25H26ClNO4. The number of amides is 1. The number of Topliss-reactive ketones (excluding diaryl/α,β-unsaturated/α-hetero) is 1. The molecular weight excluding hydrogens is 414 g/mol. The van der Waals surface area contributed by atoms with Crippen molar-refractivity contribution >= 4 is 29.1 Å². The maximum Gasteiger partial charge on any atom is 0.295 e. The van der Waals surface area contributed by atoms with Crippen LogP contribution in [-0.2, 0) is 9.59 Å². The van der Waals surface area contributed by atoms with Crippen LogP contribution in [0, 0.1) is 0 Å². The zero-order valence-corrected chi connectivity index (χ0v) is 18.3. The number of hydrogen-bond acceptors (Lipinski definition) is 4. The van der Waals surface area contributed by atoms with Gasteiger partial charge in [0.2, 0.25) is 0 Å². The van der Waals surface area contributed by atoms with Gasteiger partial charge in [-0.05, 0) is 61.7 Å². The molecule has 1 aliphatic heterocycles. The molecule has 2 aromatic rings. The van der Waals surface area contributed by atoms with Gasteiger partial charge in [-0.2, -0.15) is 0 Å². The first-order valence-corrected chi connectivity index (χ1v) is 11.2. The van der Waals surface area contributed by atoms with E-state index in [1.54, 1.807) is 29.2 Å². The van der Waals surface area contributed by atoms with Gasteiger partial charge in [0.1, 0.15) is 11.5 Å². The number of carbonyl (C=O) groups is 2. The van der Waals surface area contributed by atoms with Gasteiger partial charge in [-0.3, -0.25) is 9.59 Å². The average molecular weight is 440 g/mol. The molecule has 0 spiro atoms. The lowest BCUT2D eigenvalue weighted by Crippen LogP contribution is -2.40. The minimum Gasteiger partial charge on any atom is -0.507 e. The van der Waals surface area contributed by atoms with Crippen LogP contribution in [0.25, 0.3) is 5.76 Å². The van der Waals surface area contributed by atoms with Gasteiger partial charge in [0.25, 0.3) is 11.7 Å². The van der Waals surface area contributed by atoms with E-state index < -0.39 is 17.7 Å². The van der Waals surface area contributed by atoms with E-state index in [-0.39, 0.29) is 17.4 Å². The molecule has 0 bridgehead atoms. The third-order valence-electron chi connectivity index (χ3n) is 6.07. The fourth-order valence-corrected chi connectivity index (χ4v) is 4.72. The lowest BCUT2D eigenvalue weighted by atomic mass is 9.91. The van der Waals surface area contributed by atoms with Crippen molar-refractivity contribution in [2.45, 2.75) is 51.1 Å². The van der Waals surface area contributed by atoms with Gasteiger partial charge >= 0.3 is 0 Å². The summed E-state index contributed by atoms with van der Waals surface area (Å²) in [6, 6.07) is 13.4. The Kier molecular flexibility index (Phi) is 6.33. The first-order valence-electron chi connectivity index (χ1n) is 10.8. The largest absolute Gasteiger partial charge is 0.507 e. The summed E-state index contributed by atoms with van der Waals surface area (Å²) in [5.74, 6) is -0.635. The highest BCUT2D eigenvalue weighted by Crippen LogP contribution is 2.43. The standard InChI is InChI=1S/C25H26ClNO4/c1-2-31-20-14-10-16(11-15-20)22-21(23(28)17-8-12-18(26)13-9-17)24(29)25(30)27(22)19-6-4-3-5-7-19/h8-15,19,22,28H,2-7H2,1H3/b23-21-. The van der Waals surface area contributed by atoms with Crippen LogP contribution in [0.1, 0.15) is 56.2 Å². The predicted octanol–water partition coefficient (Wildman–Crippen LogP) is 5.49. The number of ether oxygens (including phenoxy) is 1. The summed E-state index contributed by atoms with van der Waals surface area (Å²) in [5.41, 5.74) is 1.37. The number of halogens is 1. The van der Waals surface area contributed by atoms with E-state index in [0.29, 0.717) is 17.2 Å². The number of ketones is 1. The highest BCUT2D eigenvalue weighted by molar-refractivity contribution is 6.46. The molecule has 1 atom stereocenters. The fraction of sp³-hybridized carbons (Fsp3) is 0.360. The minimum absolute atomic E-state index is 0.0164. The van der Waals surface area contributed by atoms with Crippen molar-refractivity contribution in [3.63, 3.8) is 0 Å². The Morgan fingerprint density at radius 1 is 1.03 bits per heavy atom. The van der Waals surface area contributed by atoms with Crippen LogP contribution in [0.2, 0.25) is 5.02 Å². The van der Waals surface area contributed by atoms with Gasteiger partial charge in [0.05, 0.1) is 18.2 Å². The highest BCUT2D eigenvalue weighted by atomic mass is 35.5. The summed E-state index contributed by atoms with van der Waals surface area (Å²) in [6.45, 7) is 2.47. The number of aliphatic hydroxyl groups is 1. The first kappa shape index (κ1) is 21.4. The average Bonchev–Trinajstić information content (AvgIpc) is 3.06. The monoisotopic (exact) mass is 439 g/mol. The molecule has 2 aromatic carbocycles. The maximum atomic E-state index is 13.1. The zero-order chi connectivity index (χ0) is 22.0. The molecule has 2 aliphatic rings. The molecule has 0 aromatic heterocycles. The molecule has 1 saturated heterocycles. The second-order valence-electron chi connectivity index (χ2n) is 8.01. The van der Waals surface area contributed by atoms with Gasteiger partial charge in [0.15, 0.2) is 0 Å². The third kappa shape index (κ3) is 4.19. The maximum absolute atomic E-state index is 13.1. The highest BCUT2D eigenvalue weighted by Gasteiger charge is 2.48.